The lowest BCUT2D eigenvalue weighted by molar-refractivity contribution is -0.133. The molecule has 1 N–H and O–H groups in total. The van der Waals surface area contributed by atoms with E-state index in [-0.39, 0.29) is 18.0 Å². The molecule has 1 aliphatic heterocycles. The second kappa shape index (κ2) is 3.72. The van der Waals surface area contributed by atoms with Crippen molar-refractivity contribution in [3.8, 4) is 0 Å². The van der Waals surface area contributed by atoms with Crippen LogP contribution in [0.2, 0.25) is 0 Å². The topological polar surface area (TPSA) is 49.4 Å². The number of urea groups is 1. The predicted octanol–water partition coefficient (Wildman–Crippen LogP) is 2.04. The van der Waals surface area contributed by atoms with E-state index in [4.69, 9.17) is 0 Å². The third-order valence-corrected chi connectivity index (χ3v) is 4.64. The standard InChI is InChI=1S/C13H20N2O2/c1-2-9-5-7-13(8-6-9)11(16)15(10-3-4-10)12(17)14-13/h9-10H,2-8H2,1H3,(H,14,17). The van der Waals surface area contributed by atoms with Crippen molar-refractivity contribution in [1.29, 1.82) is 0 Å². The molecule has 0 atom stereocenters. The Morgan fingerprint density at radius 1 is 1.24 bits per heavy atom. The van der Waals surface area contributed by atoms with Gasteiger partial charge in [0.25, 0.3) is 5.91 Å². The van der Waals surface area contributed by atoms with E-state index < -0.39 is 5.54 Å². The van der Waals surface area contributed by atoms with Gasteiger partial charge in [0.05, 0.1) is 0 Å². The molecule has 0 radical (unpaired) electrons. The lowest BCUT2D eigenvalue weighted by atomic mass is 9.75. The molecule has 3 fully saturated rings. The number of hydrogen-bond acceptors (Lipinski definition) is 2. The first-order valence-electron chi connectivity index (χ1n) is 6.82. The zero-order valence-electron chi connectivity index (χ0n) is 10.4. The molecule has 4 heteroatoms. The van der Waals surface area contributed by atoms with Crippen molar-refractivity contribution >= 4 is 11.9 Å². The number of imide groups is 1. The van der Waals surface area contributed by atoms with Crippen LogP contribution in [-0.2, 0) is 4.79 Å². The first kappa shape index (κ1) is 11.1. The minimum Gasteiger partial charge on any atom is -0.323 e. The van der Waals surface area contributed by atoms with Crippen molar-refractivity contribution in [2.45, 2.75) is 63.5 Å². The number of carbonyl (C=O) groups excluding carboxylic acids is 2. The van der Waals surface area contributed by atoms with E-state index in [1.54, 1.807) is 0 Å². The fourth-order valence-electron chi connectivity index (χ4n) is 3.22. The molecule has 0 aromatic carbocycles. The highest BCUT2D eigenvalue weighted by Crippen LogP contribution is 2.40. The maximum absolute atomic E-state index is 12.4. The average molecular weight is 236 g/mol. The number of amides is 3. The van der Waals surface area contributed by atoms with Gasteiger partial charge in [0.2, 0.25) is 0 Å². The van der Waals surface area contributed by atoms with Crippen LogP contribution >= 0.6 is 0 Å². The highest BCUT2D eigenvalue weighted by atomic mass is 16.2. The molecule has 94 valence electrons. The van der Waals surface area contributed by atoms with Crippen LogP contribution < -0.4 is 5.32 Å². The molecule has 1 heterocycles. The number of hydrogen-bond donors (Lipinski definition) is 1. The van der Waals surface area contributed by atoms with E-state index in [2.05, 4.69) is 12.2 Å². The smallest absolute Gasteiger partial charge is 0.323 e. The Hall–Kier alpha value is -1.06. The molecule has 2 aliphatic carbocycles. The number of rotatable bonds is 2. The molecule has 0 unspecified atom stereocenters. The Kier molecular flexibility index (Phi) is 2.42. The molecule has 0 bridgehead atoms. The Morgan fingerprint density at radius 3 is 2.41 bits per heavy atom. The molecular formula is C13H20N2O2. The van der Waals surface area contributed by atoms with Crippen molar-refractivity contribution in [3.05, 3.63) is 0 Å². The van der Waals surface area contributed by atoms with E-state index in [9.17, 15) is 9.59 Å². The van der Waals surface area contributed by atoms with Crippen molar-refractivity contribution in [1.82, 2.24) is 10.2 Å². The predicted molar refractivity (Wildman–Crippen MR) is 63.4 cm³/mol. The highest BCUT2D eigenvalue weighted by molar-refractivity contribution is 6.07. The van der Waals surface area contributed by atoms with Crippen molar-refractivity contribution < 1.29 is 9.59 Å². The van der Waals surface area contributed by atoms with Gasteiger partial charge in [-0.05, 0) is 44.4 Å². The summed E-state index contributed by atoms with van der Waals surface area (Å²) in [6.07, 6.45) is 6.98. The molecule has 1 spiro atoms. The second-order valence-corrected chi connectivity index (χ2v) is 5.77. The maximum Gasteiger partial charge on any atom is 0.325 e. The van der Waals surface area contributed by atoms with E-state index >= 15 is 0 Å². The minimum atomic E-state index is -0.536. The average Bonchev–Trinajstić information content (AvgIpc) is 3.11. The molecule has 1 saturated heterocycles. The number of nitrogens with one attached hydrogen (secondary N) is 1. The molecule has 17 heavy (non-hydrogen) atoms. The van der Waals surface area contributed by atoms with Crippen LogP contribution in [0, 0.1) is 5.92 Å². The lowest BCUT2D eigenvalue weighted by Gasteiger charge is -2.34. The van der Waals surface area contributed by atoms with Crippen LogP contribution in [0.25, 0.3) is 0 Å². The van der Waals surface area contributed by atoms with E-state index in [1.807, 2.05) is 0 Å². The van der Waals surface area contributed by atoms with E-state index in [0.29, 0.717) is 0 Å². The fraction of sp³-hybridized carbons (Fsp3) is 0.846. The van der Waals surface area contributed by atoms with Crippen molar-refractivity contribution in [2.75, 3.05) is 0 Å². The van der Waals surface area contributed by atoms with Gasteiger partial charge < -0.3 is 5.32 Å². The van der Waals surface area contributed by atoms with Gasteiger partial charge in [0.15, 0.2) is 0 Å². The molecule has 3 amide bonds. The van der Waals surface area contributed by atoms with Gasteiger partial charge in [-0.25, -0.2) is 4.79 Å². The summed E-state index contributed by atoms with van der Waals surface area (Å²) in [5.74, 6) is 0.792. The van der Waals surface area contributed by atoms with Gasteiger partial charge in [-0.3, -0.25) is 9.69 Å². The van der Waals surface area contributed by atoms with Gasteiger partial charge >= 0.3 is 6.03 Å². The van der Waals surface area contributed by atoms with E-state index in [0.717, 1.165) is 44.4 Å². The van der Waals surface area contributed by atoms with Gasteiger partial charge in [-0.1, -0.05) is 13.3 Å². The Labute approximate surface area is 102 Å². The normalized spacial score (nSPS) is 37.7. The van der Waals surface area contributed by atoms with Gasteiger partial charge in [0, 0.05) is 6.04 Å². The summed E-state index contributed by atoms with van der Waals surface area (Å²) in [6.45, 7) is 2.20. The zero-order chi connectivity index (χ0) is 12.0. The van der Waals surface area contributed by atoms with Crippen LogP contribution in [0.5, 0.6) is 0 Å². The maximum atomic E-state index is 12.4. The summed E-state index contributed by atoms with van der Waals surface area (Å²) in [4.78, 5) is 25.8. The molecule has 4 nitrogen and oxygen atoms in total. The summed E-state index contributed by atoms with van der Waals surface area (Å²) in [5, 5.41) is 2.97. The van der Waals surface area contributed by atoms with Crippen LogP contribution in [0.3, 0.4) is 0 Å². The Morgan fingerprint density at radius 2 is 1.88 bits per heavy atom. The fourth-order valence-corrected chi connectivity index (χ4v) is 3.22. The van der Waals surface area contributed by atoms with Crippen LogP contribution in [0.4, 0.5) is 4.79 Å². The first-order valence-corrected chi connectivity index (χ1v) is 6.82. The van der Waals surface area contributed by atoms with Gasteiger partial charge in [-0.2, -0.15) is 0 Å². The van der Waals surface area contributed by atoms with Crippen molar-refractivity contribution in [2.24, 2.45) is 5.92 Å². The summed E-state index contributed by atoms with van der Waals surface area (Å²) in [7, 11) is 0. The molecule has 0 aromatic rings. The second-order valence-electron chi connectivity index (χ2n) is 5.77. The molecule has 3 aliphatic rings. The largest absolute Gasteiger partial charge is 0.325 e. The molecule has 0 aromatic heterocycles. The lowest BCUT2D eigenvalue weighted by Crippen LogP contribution is -2.49. The zero-order valence-corrected chi connectivity index (χ0v) is 10.4. The Balaban J connectivity index is 1.76. The summed E-state index contributed by atoms with van der Waals surface area (Å²) in [6, 6.07) is 0.0539. The van der Waals surface area contributed by atoms with Crippen LogP contribution in [0.15, 0.2) is 0 Å². The third kappa shape index (κ3) is 1.65. The summed E-state index contributed by atoms with van der Waals surface area (Å²) in [5.41, 5.74) is -0.536. The van der Waals surface area contributed by atoms with Gasteiger partial charge in [0.1, 0.15) is 5.54 Å². The third-order valence-electron chi connectivity index (χ3n) is 4.64. The van der Waals surface area contributed by atoms with Crippen LogP contribution in [-0.4, -0.2) is 28.4 Å². The number of nitrogens with zero attached hydrogens (tertiary/aromatic N) is 1. The van der Waals surface area contributed by atoms with Crippen LogP contribution in [0.1, 0.15) is 51.9 Å². The monoisotopic (exact) mass is 236 g/mol. The van der Waals surface area contributed by atoms with Gasteiger partial charge in [-0.15, -0.1) is 0 Å². The summed E-state index contributed by atoms with van der Waals surface area (Å²) < 4.78 is 0. The van der Waals surface area contributed by atoms with E-state index in [1.165, 1.54) is 11.3 Å². The quantitative estimate of drug-likeness (QED) is 0.746. The first-order chi connectivity index (χ1) is 8.16. The SMILES string of the molecule is CCC1CCC2(CC1)NC(=O)N(C1CC1)C2=O. The number of carbonyl (C=O) groups is 2. The molecule has 2 saturated carbocycles. The molecular weight excluding hydrogens is 216 g/mol. The Bertz CT molecular complexity index is 354. The minimum absolute atomic E-state index is 0.0551. The van der Waals surface area contributed by atoms with Crippen molar-refractivity contribution in [3.63, 3.8) is 0 Å². The highest BCUT2D eigenvalue weighted by Gasteiger charge is 2.55. The molecule has 3 rings (SSSR count). The summed E-state index contributed by atoms with van der Waals surface area (Å²) >= 11 is 0.